The molecule has 0 saturated carbocycles. The summed E-state index contributed by atoms with van der Waals surface area (Å²) in [6.07, 6.45) is 7.86. The second kappa shape index (κ2) is 10.6. The fourth-order valence-electron chi connectivity index (χ4n) is 4.35. The molecule has 7 heteroatoms. The molecule has 0 bridgehead atoms. The molecule has 1 heterocycles. The van der Waals surface area contributed by atoms with Crippen LogP contribution in [-0.4, -0.2) is 29.1 Å². The molecule has 1 aliphatic rings. The Labute approximate surface area is 201 Å². The topological polar surface area (TPSA) is 123 Å². The van der Waals surface area contributed by atoms with Crippen molar-refractivity contribution in [2.24, 2.45) is 16.5 Å². The second-order valence-corrected chi connectivity index (χ2v) is 9.29. The van der Waals surface area contributed by atoms with Gasteiger partial charge in [0.15, 0.2) is 5.96 Å². The number of carbonyl (C=O) groups is 1. The third kappa shape index (κ3) is 6.10. The molecule has 2 aromatic carbocycles. The smallest absolute Gasteiger partial charge is 0.243 e. The summed E-state index contributed by atoms with van der Waals surface area (Å²) in [5.41, 5.74) is 16.0. The maximum atomic E-state index is 12.1. The fraction of sp³-hybridized carbons (Fsp3) is 0.407. The Balaban J connectivity index is 1.44. The summed E-state index contributed by atoms with van der Waals surface area (Å²) in [4.78, 5) is 16.1. The number of nitrogens with two attached hydrogens (primary N) is 2. The van der Waals surface area contributed by atoms with Gasteiger partial charge >= 0.3 is 0 Å². The summed E-state index contributed by atoms with van der Waals surface area (Å²) in [6.45, 7) is 8.69. The molecule has 3 rings (SSSR count). The molecule has 1 aliphatic heterocycles. The number of unbranched alkanes of at least 4 members (excludes halogenated alkanes) is 1. The van der Waals surface area contributed by atoms with Crippen LogP contribution in [-0.2, 0) is 11.2 Å². The standard InChI is InChI=1S/C27H36N4O3/c1-17-18(2)25-22(19(3)24(17)33)13-15-27(4,34-25)14-5-6-16-30-23(32)12-9-20-7-10-21(11-8-20)31-26(28)29/h7-12,33H,5-6,13-16H2,1-4H3,(H,30,32)(H4,28,29,31). The van der Waals surface area contributed by atoms with E-state index in [2.05, 4.69) is 17.2 Å². The third-order valence-electron chi connectivity index (χ3n) is 6.60. The Morgan fingerprint density at radius 2 is 1.85 bits per heavy atom. The minimum absolute atomic E-state index is 0.0112. The van der Waals surface area contributed by atoms with Crippen LogP contribution in [0.4, 0.5) is 5.69 Å². The van der Waals surface area contributed by atoms with Crippen LogP contribution in [0.15, 0.2) is 35.3 Å². The zero-order chi connectivity index (χ0) is 24.9. The molecule has 0 radical (unpaired) electrons. The first-order valence-corrected chi connectivity index (χ1v) is 11.8. The average Bonchev–Trinajstić information content (AvgIpc) is 2.80. The molecule has 7 nitrogen and oxygen atoms in total. The van der Waals surface area contributed by atoms with Crippen LogP contribution < -0.4 is 21.5 Å². The largest absolute Gasteiger partial charge is 0.507 e. The van der Waals surface area contributed by atoms with Gasteiger partial charge in [0.2, 0.25) is 5.91 Å². The lowest BCUT2D eigenvalue weighted by molar-refractivity contribution is -0.116. The maximum absolute atomic E-state index is 12.1. The first-order chi connectivity index (χ1) is 16.1. The predicted octanol–water partition coefficient (Wildman–Crippen LogP) is 4.31. The van der Waals surface area contributed by atoms with Crippen molar-refractivity contribution >= 4 is 23.6 Å². The normalized spacial score (nSPS) is 17.2. The number of hydrogen-bond donors (Lipinski definition) is 4. The highest BCUT2D eigenvalue weighted by molar-refractivity contribution is 5.91. The number of nitrogens with one attached hydrogen (secondary N) is 1. The van der Waals surface area contributed by atoms with Crippen molar-refractivity contribution in [2.45, 2.75) is 65.4 Å². The first-order valence-electron chi connectivity index (χ1n) is 11.8. The van der Waals surface area contributed by atoms with Crippen LogP contribution in [0.1, 0.15) is 60.4 Å². The van der Waals surface area contributed by atoms with Crippen molar-refractivity contribution in [1.82, 2.24) is 5.32 Å². The number of hydrogen-bond acceptors (Lipinski definition) is 4. The van der Waals surface area contributed by atoms with Crippen molar-refractivity contribution in [2.75, 3.05) is 6.54 Å². The number of aromatic hydroxyl groups is 1. The highest BCUT2D eigenvalue weighted by atomic mass is 16.5. The van der Waals surface area contributed by atoms with Crippen molar-refractivity contribution in [3.05, 3.63) is 58.2 Å². The molecular formula is C27H36N4O3. The Morgan fingerprint density at radius 1 is 1.15 bits per heavy atom. The van der Waals surface area contributed by atoms with E-state index in [1.54, 1.807) is 18.2 Å². The average molecular weight is 465 g/mol. The van der Waals surface area contributed by atoms with Gasteiger partial charge in [-0.15, -0.1) is 0 Å². The lowest BCUT2D eigenvalue weighted by Crippen LogP contribution is -2.37. The van der Waals surface area contributed by atoms with Gasteiger partial charge in [-0.3, -0.25) is 4.79 Å². The van der Waals surface area contributed by atoms with E-state index in [0.29, 0.717) is 18.0 Å². The van der Waals surface area contributed by atoms with E-state index in [4.69, 9.17) is 16.2 Å². The van der Waals surface area contributed by atoms with E-state index in [1.165, 1.54) is 6.08 Å². The van der Waals surface area contributed by atoms with Crippen LogP contribution >= 0.6 is 0 Å². The summed E-state index contributed by atoms with van der Waals surface area (Å²) < 4.78 is 6.48. The van der Waals surface area contributed by atoms with E-state index >= 15 is 0 Å². The van der Waals surface area contributed by atoms with Crippen molar-refractivity contribution in [1.29, 1.82) is 0 Å². The molecule has 1 amide bonds. The number of phenols is 1. The van der Waals surface area contributed by atoms with Crippen molar-refractivity contribution in [3.63, 3.8) is 0 Å². The molecule has 1 unspecified atom stereocenters. The molecule has 0 aliphatic carbocycles. The predicted molar refractivity (Wildman–Crippen MR) is 137 cm³/mol. The number of guanidine groups is 1. The molecule has 0 aromatic heterocycles. The SMILES string of the molecule is Cc1c(C)c2c(c(C)c1O)CCC(C)(CCCCNC(=O)C=Cc1ccc(N=C(N)N)cc1)O2. The van der Waals surface area contributed by atoms with Gasteiger partial charge in [0.05, 0.1) is 5.69 Å². The van der Waals surface area contributed by atoms with Gasteiger partial charge in [-0.25, -0.2) is 4.99 Å². The molecule has 34 heavy (non-hydrogen) atoms. The number of rotatable bonds is 8. The minimum Gasteiger partial charge on any atom is -0.507 e. The zero-order valence-electron chi connectivity index (χ0n) is 20.6. The zero-order valence-corrected chi connectivity index (χ0v) is 20.6. The lowest BCUT2D eigenvalue weighted by Gasteiger charge is -2.38. The van der Waals surface area contributed by atoms with E-state index in [9.17, 15) is 9.90 Å². The van der Waals surface area contributed by atoms with Gasteiger partial charge in [-0.05, 0) is 100 Å². The summed E-state index contributed by atoms with van der Waals surface area (Å²) in [5, 5.41) is 13.3. The lowest BCUT2D eigenvalue weighted by atomic mass is 9.85. The van der Waals surface area contributed by atoms with Crippen LogP contribution in [0.2, 0.25) is 0 Å². The molecule has 0 spiro atoms. The summed E-state index contributed by atoms with van der Waals surface area (Å²) in [5.74, 6) is 1.21. The van der Waals surface area contributed by atoms with Gasteiger partial charge < -0.3 is 26.6 Å². The van der Waals surface area contributed by atoms with E-state index < -0.39 is 0 Å². The van der Waals surface area contributed by atoms with E-state index in [0.717, 1.165) is 65.7 Å². The van der Waals surface area contributed by atoms with Crippen LogP contribution in [0.25, 0.3) is 6.08 Å². The van der Waals surface area contributed by atoms with Crippen LogP contribution in [0.3, 0.4) is 0 Å². The molecule has 6 N–H and O–H groups in total. The Hall–Kier alpha value is -3.48. The molecule has 0 fully saturated rings. The van der Waals surface area contributed by atoms with Crippen LogP contribution in [0, 0.1) is 20.8 Å². The molecule has 2 aromatic rings. The number of amides is 1. The number of aliphatic imine (C=N–C) groups is 1. The van der Waals surface area contributed by atoms with Gasteiger partial charge in [0.25, 0.3) is 0 Å². The van der Waals surface area contributed by atoms with Gasteiger partial charge in [-0.1, -0.05) is 12.1 Å². The third-order valence-corrected chi connectivity index (χ3v) is 6.60. The maximum Gasteiger partial charge on any atom is 0.243 e. The summed E-state index contributed by atoms with van der Waals surface area (Å²) in [6, 6.07) is 7.27. The Morgan fingerprint density at radius 3 is 2.53 bits per heavy atom. The van der Waals surface area contributed by atoms with Gasteiger partial charge in [-0.2, -0.15) is 0 Å². The molecule has 1 atom stereocenters. The van der Waals surface area contributed by atoms with E-state index in [-0.39, 0.29) is 17.5 Å². The first kappa shape index (κ1) is 25.1. The fourth-order valence-corrected chi connectivity index (χ4v) is 4.35. The minimum atomic E-state index is -0.234. The highest BCUT2D eigenvalue weighted by Gasteiger charge is 2.34. The quantitative estimate of drug-likeness (QED) is 0.201. The van der Waals surface area contributed by atoms with Crippen molar-refractivity contribution < 1.29 is 14.6 Å². The second-order valence-electron chi connectivity index (χ2n) is 9.29. The van der Waals surface area contributed by atoms with Crippen LogP contribution in [0.5, 0.6) is 11.5 Å². The summed E-state index contributed by atoms with van der Waals surface area (Å²) in [7, 11) is 0. The molecular weight excluding hydrogens is 428 g/mol. The van der Waals surface area contributed by atoms with Gasteiger partial charge in [0.1, 0.15) is 17.1 Å². The number of carbonyl (C=O) groups excluding carboxylic acids is 1. The Kier molecular flexibility index (Phi) is 7.87. The van der Waals surface area contributed by atoms with Gasteiger partial charge in [0, 0.05) is 18.2 Å². The summed E-state index contributed by atoms with van der Waals surface area (Å²) >= 11 is 0. The number of ether oxygens (including phenoxy) is 1. The Bertz CT molecular complexity index is 1100. The van der Waals surface area contributed by atoms with Crippen molar-refractivity contribution in [3.8, 4) is 11.5 Å². The highest BCUT2D eigenvalue weighted by Crippen LogP contribution is 2.44. The molecule has 182 valence electrons. The monoisotopic (exact) mass is 464 g/mol. The number of nitrogens with zero attached hydrogens (tertiary/aromatic N) is 1. The van der Waals surface area contributed by atoms with E-state index in [1.807, 2.05) is 32.9 Å². The number of fused-ring (bicyclic) bond motifs is 1. The molecule has 0 saturated heterocycles. The number of benzene rings is 2. The number of phenolic OH excluding ortho intramolecular Hbond substituents is 1.